The molecule has 3 nitrogen and oxygen atoms in total. The lowest BCUT2D eigenvalue weighted by Crippen LogP contribution is -2.34. The van der Waals surface area contributed by atoms with Gasteiger partial charge < -0.3 is 15.3 Å². The third kappa shape index (κ3) is 1.37. The van der Waals surface area contributed by atoms with E-state index in [4.69, 9.17) is 15.3 Å². The molecule has 3 heteroatoms. The summed E-state index contributed by atoms with van der Waals surface area (Å²) in [7, 11) is 0. The maximum Gasteiger partial charge on any atom is 0.101 e. The summed E-state index contributed by atoms with van der Waals surface area (Å²) in [5.41, 5.74) is 0.645. The zero-order valence-corrected chi connectivity index (χ0v) is 5.86. The lowest BCUT2D eigenvalue weighted by atomic mass is 9.93. The summed E-state index contributed by atoms with van der Waals surface area (Å²) in [4.78, 5) is 0. The summed E-state index contributed by atoms with van der Waals surface area (Å²) in [6.07, 6.45) is -0.391. The molecule has 1 aliphatic rings. The van der Waals surface area contributed by atoms with E-state index in [0.29, 0.717) is 5.57 Å². The van der Waals surface area contributed by atoms with Gasteiger partial charge in [0, 0.05) is 6.42 Å². The molecule has 0 spiro atoms. The predicted molar refractivity (Wildman–Crippen MR) is 36.4 cm³/mol. The standard InChI is InChI=1S/C7H12O3/c1-4-2-5(8)3-6(9)7(4)10/h2,5-10H,3H2,1H3/t5-,6-,7+/m0/s1. The fraction of sp³-hybridized carbons (Fsp3) is 0.714. The van der Waals surface area contributed by atoms with Gasteiger partial charge in [-0.05, 0) is 12.5 Å². The normalized spacial score (nSPS) is 41.2. The van der Waals surface area contributed by atoms with E-state index >= 15 is 0 Å². The monoisotopic (exact) mass is 144 g/mol. The average molecular weight is 144 g/mol. The molecule has 0 fully saturated rings. The number of hydrogen-bond donors (Lipinski definition) is 3. The first-order valence-corrected chi connectivity index (χ1v) is 3.34. The molecule has 0 radical (unpaired) electrons. The first-order valence-electron chi connectivity index (χ1n) is 3.34. The van der Waals surface area contributed by atoms with Gasteiger partial charge >= 0.3 is 0 Å². The lowest BCUT2D eigenvalue weighted by Gasteiger charge is -2.25. The summed E-state index contributed by atoms with van der Waals surface area (Å²) in [6, 6.07) is 0. The minimum atomic E-state index is -0.806. The Kier molecular flexibility index (Phi) is 2.08. The SMILES string of the molecule is CC1=C[C@H](O)C[C@H](O)[C@@H]1O. The van der Waals surface area contributed by atoms with Gasteiger partial charge in [0.25, 0.3) is 0 Å². The molecule has 0 aliphatic heterocycles. The van der Waals surface area contributed by atoms with Crippen molar-refractivity contribution in [2.24, 2.45) is 0 Å². The molecule has 0 aromatic rings. The quantitative estimate of drug-likeness (QED) is 0.398. The van der Waals surface area contributed by atoms with Crippen LogP contribution in [0.2, 0.25) is 0 Å². The van der Waals surface area contributed by atoms with E-state index in [9.17, 15) is 0 Å². The zero-order chi connectivity index (χ0) is 7.72. The first kappa shape index (κ1) is 7.72. The molecule has 0 bridgehead atoms. The van der Waals surface area contributed by atoms with E-state index in [-0.39, 0.29) is 6.42 Å². The highest BCUT2D eigenvalue weighted by Gasteiger charge is 2.25. The van der Waals surface area contributed by atoms with Gasteiger partial charge in [0.05, 0.1) is 12.2 Å². The van der Waals surface area contributed by atoms with Crippen LogP contribution in [0, 0.1) is 0 Å². The highest BCUT2D eigenvalue weighted by Crippen LogP contribution is 2.18. The molecule has 0 saturated carbocycles. The van der Waals surface area contributed by atoms with E-state index in [1.54, 1.807) is 13.0 Å². The van der Waals surface area contributed by atoms with Crippen LogP contribution >= 0.6 is 0 Å². The lowest BCUT2D eigenvalue weighted by molar-refractivity contribution is 0.00334. The highest BCUT2D eigenvalue weighted by atomic mass is 16.3. The molecule has 0 heterocycles. The fourth-order valence-corrected chi connectivity index (χ4v) is 1.15. The van der Waals surface area contributed by atoms with Crippen LogP contribution in [0.25, 0.3) is 0 Å². The van der Waals surface area contributed by atoms with Crippen molar-refractivity contribution >= 4 is 0 Å². The fourth-order valence-electron chi connectivity index (χ4n) is 1.15. The number of rotatable bonds is 0. The molecule has 0 amide bonds. The van der Waals surface area contributed by atoms with Gasteiger partial charge in [-0.15, -0.1) is 0 Å². The van der Waals surface area contributed by atoms with Crippen LogP contribution in [0.5, 0.6) is 0 Å². The van der Waals surface area contributed by atoms with Gasteiger partial charge in [-0.2, -0.15) is 0 Å². The van der Waals surface area contributed by atoms with Crippen molar-refractivity contribution in [3.8, 4) is 0 Å². The Morgan fingerprint density at radius 2 is 2.00 bits per heavy atom. The number of hydrogen-bond acceptors (Lipinski definition) is 3. The summed E-state index contributed by atoms with van der Waals surface area (Å²) < 4.78 is 0. The predicted octanol–water partition coefficient (Wildman–Crippen LogP) is -0.581. The zero-order valence-electron chi connectivity index (χ0n) is 5.86. The second kappa shape index (κ2) is 2.70. The highest BCUT2D eigenvalue weighted by molar-refractivity contribution is 5.13. The first-order chi connectivity index (χ1) is 4.61. The van der Waals surface area contributed by atoms with Gasteiger partial charge in [0.2, 0.25) is 0 Å². The minimum absolute atomic E-state index is 0.235. The average Bonchev–Trinajstić information content (AvgIpc) is 1.82. The van der Waals surface area contributed by atoms with Crippen molar-refractivity contribution in [1.29, 1.82) is 0 Å². The van der Waals surface area contributed by atoms with Gasteiger partial charge in [-0.3, -0.25) is 0 Å². The summed E-state index contributed by atoms with van der Waals surface area (Å²) in [6.45, 7) is 1.69. The van der Waals surface area contributed by atoms with Crippen LogP contribution in [-0.2, 0) is 0 Å². The third-order valence-corrected chi connectivity index (χ3v) is 1.77. The van der Waals surface area contributed by atoms with Crippen molar-refractivity contribution in [3.63, 3.8) is 0 Å². The van der Waals surface area contributed by atoms with Crippen LogP contribution < -0.4 is 0 Å². The Bertz CT molecular complexity index is 153. The molecule has 0 aromatic carbocycles. The second-order valence-electron chi connectivity index (χ2n) is 2.73. The Balaban J connectivity index is 2.71. The van der Waals surface area contributed by atoms with Gasteiger partial charge in [-0.25, -0.2) is 0 Å². The maximum atomic E-state index is 9.13. The third-order valence-electron chi connectivity index (χ3n) is 1.77. The Hall–Kier alpha value is -0.380. The molecule has 3 N–H and O–H groups in total. The second-order valence-corrected chi connectivity index (χ2v) is 2.73. The molecule has 1 aliphatic carbocycles. The summed E-state index contributed by atoms with van der Waals surface area (Å²) in [5, 5.41) is 27.2. The topological polar surface area (TPSA) is 60.7 Å². The number of aliphatic hydroxyl groups is 3. The smallest absolute Gasteiger partial charge is 0.101 e. The Morgan fingerprint density at radius 1 is 1.40 bits per heavy atom. The van der Waals surface area contributed by atoms with E-state index in [1.807, 2.05) is 0 Å². The van der Waals surface area contributed by atoms with E-state index in [1.165, 1.54) is 0 Å². The van der Waals surface area contributed by atoms with Crippen molar-refractivity contribution in [2.75, 3.05) is 0 Å². The Morgan fingerprint density at radius 3 is 2.50 bits per heavy atom. The van der Waals surface area contributed by atoms with Crippen molar-refractivity contribution in [1.82, 2.24) is 0 Å². The maximum absolute atomic E-state index is 9.13. The molecule has 3 atom stereocenters. The molecule has 1 rings (SSSR count). The molecular weight excluding hydrogens is 132 g/mol. The van der Waals surface area contributed by atoms with Crippen molar-refractivity contribution in [2.45, 2.75) is 31.7 Å². The van der Waals surface area contributed by atoms with E-state index in [0.717, 1.165) is 0 Å². The molecule has 0 unspecified atom stereocenters. The van der Waals surface area contributed by atoms with Crippen molar-refractivity contribution in [3.05, 3.63) is 11.6 Å². The van der Waals surface area contributed by atoms with Gasteiger partial charge in [0.1, 0.15) is 6.10 Å². The van der Waals surface area contributed by atoms with Crippen molar-refractivity contribution < 1.29 is 15.3 Å². The summed E-state index contributed by atoms with van der Waals surface area (Å²) in [5.74, 6) is 0. The van der Waals surface area contributed by atoms with E-state index in [2.05, 4.69) is 0 Å². The Labute approximate surface area is 59.6 Å². The van der Waals surface area contributed by atoms with Crippen LogP contribution in [0.15, 0.2) is 11.6 Å². The molecule has 58 valence electrons. The van der Waals surface area contributed by atoms with E-state index < -0.39 is 18.3 Å². The van der Waals surface area contributed by atoms with Crippen LogP contribution in [0.4, 0.5) is 0 Å². The molecule has 0 saturated heterocycles. The molecule has 10 heavy (non-hydrogen) atoms. The number of aliphatic hydroxyl groups excluding tert-OH is 3. The van der Waals surface area contributed by atoms with Crippen LogP contribution in [-0.4, -0.2) is 33.6 Å². The molecule has 0 aromatic heterocycles. The van der Waals surface area contributed by atoms with Crippen LogP contribution in [0.3, 0.4) is 0 Å². The van der Waals surface area contributed by atoms with Gasteiger partial charge in [-0.1, -0.05) is 6.08 Å². The molecular formula is C7H12O3. The van der Waals surface area contributed by atoms with Crippen LogP contribution in [0.1, 0.15) is 13.3 Å². The van der Waals surface area contributed by atoms with Gasteiger partial charge in [0.15, 0.2) is 0 Å². The summed E-state index contributed by atoms with van der Waals surface area (Å²) >= 11 is 0. The minimum Gasteiger partial charge on any atom is -0.390 e. The largest absolute Gasteiger partial charge is 0.390 e.